The predicted octanol–water partition coefficient (Wildman–Crippen LogP) is 3.96. The Labute approximate surface area is 121 Å². The van der Waals surface area contributed by atoms with Crippen molar-refractivity contribution in [2.45, 2.75) is 76.7 Å². The lowest BCUT2D eigenvalue weighted by molar-refractivity contribution is 0.238. The second-order valence-corrected chi connectivity index (χ2v) is 6.58. The molecule has 2 heterocycles. The summed E-state index contributed by atoms with van der Waals surface area (Å²) in [7, 11) is 0. The van der Waals surface area contributed by atoms with Gasteiger partial charge in [-0.3, -0.25) is 0 Å². The standard InChI is InChI=1S/C16H27N3O/c1-12-8-7-11-17-14(12)16-18-15(19-20-16)13-9-5-3-2-4-6-10-13/h12-14,17H,2-11H2,1H3. The van der Waals surface area contributed by atoms with E-state index in [1.54, 1.807) is 0 Å². The molecule has 2 atom stereocenters. The lowest BCUT2D eigenvalue weighted by atomic mass is 9.90. The average molecular weight is 277 g/mol. The number of hydrogen-bond acceptors (Lipinski definition) is 4. The summed E-state index contributed by atoms with van der Waals surface area (Å²) in [6, 6.07) is 0.263. The molecule has 3 rings (SSSR count). The van der Waals surface area contributed by atoms with Gasteiger partial charge in [0, 0.05) is 5.92 Å². The summed E-state index contributed by atoms with van der Waals surface area (Å²) in [5.41, 5.74) is 0. The quantitative estimate of drug-likeness (QED) is 0.889. The second kappa shape index (κ2) is 6.70. The van der Waals surface area contributed by atoms with E-state index in [-0.39, 0.29) is 6.04 Å². The van der Waals surface area contributed by atoms with Gasteiger partial charge in [0.1, 0.15) is 0 Å². The van der Waals surface area contributed by atoms with Crippen molar-refractivity contribution in [3.63, 3.8) is 0 Å². The number of nitrogens with one attached hydrogen (secondary N) is 1. The highest BCUT2D eigenvalue weighted by molar-refractivity contribution is 5.01. The van der Waals surface area contributed by atoms with Gasteiger partial charge in [0.2, 0.25) is 5.89 Å². The van der Waals surface area contributed by atoms with Gasteiger partial charge in [-0.1, -0.05) is 44.2 Å². The highest BCUT2D eigenvalue weighted by atomic mass is 16.5. The molecule has 0 radical (unpaired) electrons. The van der Waals surface area contributed by atoms with Crippen molar-refractivity contribution in [3.8, 4) is 0 Å². The minimum atomic E-state index is 0.263. The Balaban J connectivity index is 1.68. The average Bonchev–Trinajstić information content (AvgIpc) is 2.88. The maximum absolute atomic E-state index is 5.58. The molecule has 1 saturated carbocycles. The smallest absolute Gasteiger partial charge is 0.244 e. The highest BCUT2D eigenvalue weighted by Crippen LogP contribution is 2.32. The van der Waals surface area contributed by atoms with Gasteiger partial charge in [-0.05, 0) is 38.1 Å². The van der Waals surface area contributed by atoms with Crippen LogP contribution in [0.4, 0.5) is 0 Å². The molecular formula is C16H27N3O. The minimum absolute atomic E-state index is 0.263. The van der Waals surface area contributed by atoms with Gasteiger partial charge in [0.15, 0.2) is 5.82 Å². The van der Waals surface area contributed by atoms with Crippen molar-refractivity contribution >= 4 is 0 Å². The molecule has 2 unspecified atom stereocenters. The van der Waals surface area contributed by atoms with Crippen molar-refractivity contribution in [1.82, 2.24) is 15.5 Å². The fourth-order valence-electron chi connectivity index (χ4n) is 3.63. The molecule has 1 aliphatic heterocycles. The van der Waals surface area contributed by atoms with Crippen LogP contribution in [0.5, 0.6) is 0 Å². The first-order valence-corrected chi connectivity index (χ1v) is 8.41. The third kappa shape index (κ3) is 3.22. The van der Waals surface area contributed by atoms with E-state index < -0.39 is 0 Å². The van der Waals surface area contributed by atoms with Gasteiger partial charge in [-0.15, -0.1) is 0 Å². The van der Waals surface area contributed by atoms with Gasteiger partial charge in [-0.25, -0.2) is 0 Å². The van der Waals surface area contributed by atoms with Crippen molar-refractivity contribution in [2.24, 2.45) is 5.92 Å². The van der Waals surface area contributed by atoms with Crippen LogP contribution in [0.25, 0.3) is 0 Å². The summed E-state index contributed by atoms with van der Waals surface area (Å²) in [5, 5.41) is 7.82. The molecule has 1 aromatic rings. The van der Waals surface area contributed by atoms with Crippen LogP contribution in [0.2, 0.25) is 0 Å². The van der Waals surface area contributed by atoms with Gasteiger partial charge < -0.3 is 9.84 Å². The summed E-state index contributed by atoms with van der Waals surface area (Å²) in [4.78, 5) is 4.74. The minimum Gasteiger partial charge on any atom is -0.338 e. The zero-order chi connectivity index (χ0) is 13.8. The maximum Gasteiger partial charge on any atom is 0.244 e. The first kappa shape index (κ1) is 14.1. The van der Waals surface area contributed by atoms with Crippen LogP contribution in [-0.4, -0.2) is 16.7 Å². The van der Waals surface area contributed by atoms with E-state index in [1.807, 2.05) is 0 Å². The van der Waals surface area contributed by atoms with Crippen molar-refractivity contribution in [1.29, 1.82) is 0 Å². The number of nitrogens with zero attached hydrogens (tertiary/aromatic N) is 2. The fourth-order valence-corrected chi connectivity index (χ4v) is 3.63. The Morgan fingerprint density at radius 2 is 1.75 bits per heavy atom. The van der Waals surface area contributed by atoms with E-state index in [1.165, 1.54) is 57.8 Å². The normalized spacial score (nSPS) is 29.9. The molecule has 0 aromatic carbocycles. The molecule has 0 spiro atoms. The largest absolute Gasteiger partial charge is 0.338 e. The van der Waals surface area contributed by atoms with Crippen LogP contribution >= 0.6 is 0 Å². The number of hydrogen-bond donors (Lipinski definition) is 1. The van der Waals surface area contributed by atoms with Crippen LogP contribution in [0.3, 0.4) is 0 Å². The van der Waals surface area contributed by atoms with Crippen LogP contribution < -0.4 is 5.32 Å². The zero-order valence-electron chi connectivity index (χ0n) is 12.6. The molecular weight excluding hydrogens is 250 g/mol. The summed E-state index contributed by atoms with van der Waals surface area (Å²) in [5.74, 6) is 2.89. The van der Waals surface area contributed by atoms with E-state index in [4.69, 9.17) is 9.51 Å². The van der Waals surface area contributed by atoms with E-state index in [0.29, 0.717) is 11.8 Å². The Morgan fingerprint density at radius 3 is 2.50 bits per heavy atom. The van der Waals surface area contributed by atoms with Crippen LogP contribution in [0.15, 0.2) is 4.52 Å². The molecule has 1 N–H and O–H groups in total. The predicted molar refractivity (Wildman–Crippen MR) is 78.5 cm³/mol. The molecule has 1 aliphatic carbocycles. The van der Waals surface area contributed by atoms with E-state index in [0.717, 1.165) is 18.3 Å². The Morgan fingerprint density at radius 1 is 1.00 bits per heavy atom. The Kier molecular flexibility index (Phi) is 4.71. The topological polar surface area (TPSA) is 51.0 Å². The maximum atomic E-state index is 5.58. The van der Waals surface area contributed by atoms with Crippen molar-refractivity contribution < 1.29 is 4.52 Å². The van der Waals surface area contributed by atoms with E-state index in [2.05, 4.69) is 17.4 Å². The molecule has 2 fully saturated rings. The molecule has 1 aromatic heterocycles. The molecule has 112 valence electrons. The number of piperidine rings is 1. The molecule has 4 nitrogen and oxygen atoms in total. The molecule has 20 heavy (non-hydrogen) atoms. The molecule has 1 saturated heterocycles. The van der Waals surface area contributed by atoms with Crippen molar-refractivity contribution in [2.75, 3.05) is 6.54 Å². The van der Waals surface area contributed by atoms with E-state index >= 15 is 0 Å². The van der Waals surface area contributed by atoms with Crippen LogP contribution in [0, 0.1) is 5.92 Å². The first-order valence-electron chi connectivity index (χ1n) is 8.41. The Bertz CT molecular complexity index is 410. The van der Waals surface area contributed by atoms with Crippen molar-refractivity contribution in [3.05, 3.63) is 11.7 Å². The zero-order valence-corrected chi connectivity index (χ0v) is 12.6. The molecule has 0 bridgehead atoms. The van der Waals surface area contributed by atoms with Gasteiger partial charge in [-0.2, -0.15) is 4.98 Å². The summed E-state index contributed by atoms with van der Waals surface area (Å²) in [6.45, 7) is 3.34. The lowest BCUT2D eigenvalue weighted by Crippen LogP contribution is -2.33. The molecule has 0 amide bonds. The highest BCUT2D eigenvalue weighted by Gasteiger charge is 2.28. The van der Waals surface area contributed by atoms with Gasteiger partial charge in [0.25, 0.3) is 0 Å². The van der Waals surface area contributed by atoms with Gasteiger partial charge in [0.05, 0.1) is 6.04 Å². The monoisotopic (exact) mass is 277 g/mol. The van der Waals surface area contributed by atoms with Gasteiger partial charge >= 0.3 is 0 Å². The number of rotatable bonds is 2. The molecule has 4 heteroatoms. The first-order chi connectivity index (χ1) is 9.84. The summed E-state index contributed by atoms with van der Waals surface area (Å²) < 4.78 is 5.58. The SMILES string of the molecule is CC1CCCNC1c1nc(C2CCCCCCC2)no1. The fraction of sp³-hybridized carbons (Fsp3) is 0.875. The Hall–Kier alpha value is -0.900. The number of aromatic nitrogens is 2. The van der Waals surface area contributed by atoms with Crippen LogP contribution in [-0.2, 0) is 0 Å². The molecule has 2 aliphatic rings. The third-order valence-corrected chi connectivity index (χ3v) is 4.96. The van der Waals surface area contributed by atoms with Crippen LogP contribution in [0.1, 0.15) is 88.4 Å². The summed E-state index contributed by atoms with van der Waals surface area (Å²) >= 11 is 0. The third-order valence-electron chi connectivity index (χ3n) is 4.96. The van der Waals surface area contributed by atoms with E-state index in [9.17, 15) is 0 Å². The summed E-state index contributed by atoms with van der Waals surface area (Å²) in [6.07, 6.45) is 11.7. The lowest BCUT2D eigenvalue weighted by Gasteiger charge is -2.26. The second-order valence-electron chi connectivity index (χ2n) is 6.58.